The van der Waals surface area contributed by atoms with Crippen LogP contribution in [0.3, 0.4) is 0 Å². The molecule has 0 spiro atoms. The van der Waals surface area contributed by atoms with Gasteiger partial charge in [-0.15, -0.1) is 72.8 Å². The first-order valence-corrected chi connectivity index (χ1v) is 52.3. The number of pyridine rings is 8. The van der Waals surface area contributed by atoms with Crippen LogP contribution in [0.4, 0.5) is 0 Å². The van der Waals surface area contributed by atoms with E-state index in [-0.39, 0.29) is 84.3 Å². The number of ether oxygens (including phenoxy) is 4. The number of fused-ring (bicyclic) bond motifs is 12. The average molecular weight is 2670 g/mol. The third kappa shape index (κ3) is 20.0. The van der Waals surface area contributed by atoms with Crippen molar-refractivity contribution in [1.29, 1.82) is 0 Å². The third-order valence-corrected chi connectivity index (χ3v) is 36.6. The van der Waals surface area contributed by atoms with Gasteiger partial charge in [0.25, 0.3) is 0 Å². The molecule has 24 rings (SSSR count). The van der Waals surface area contributed by atoms with Gasteiger partial charge >= 0.3 is 84.3 Å². The van der Waals surface area contributed by atoms with Gasteiger partial charge in [0, 0.05) is 117 Å². The first-order chi connectivity index (χ1) is 68.1. The quantitative estimate of drug-likeness (QED) is 0.0651. The summed E-state index contributed by atoms with van der Waals surface area (Å²) in [6.45, 7) is 15.8. The molecule has 4 unspecified atom stereocenters. The SMILES string of the molecule is Cc1ccc(Oc2[c-]c(-c3[c-]c4c(cc3)-c3ccccc3P4(=O)c3cc(C)ccn3)ccc2)nc1.Cc1ccc(P2(=O)c3[c-]c(-c4[c-]c(Oc5ccccn5)ccc4)ccc3-c3ccccc32)nc1C.Cc1ccnc(Oc2[c-]c(-c3[c-]c4c(cc3)-c3ccccc3P4(=O)c3cc(C)ccn3)ccc2)c1.Cc1ccnc(P2(=O)c3[c-]c(-c4[c-]c(Oc5cccc(C)n5)ccc4)ccc3-c3ccccc32)c1.[Pt+2].[Pt+2].[Pt+2].[Pt+2]. The van der Waals surface area contributed by atoms with Gasteiger partial charge in [0.15, 0.2) is 28.6 Å². The number of benzene rings is 12. The minimum Gasteiger partial charge on any atom is -0.460 e. The Kier molecular flexibility index (Phi) is 30.7. The van der Waals surface area contributed by atoms with Crippen LogP contribution in [0.5, 0.6) is 46.5 Å². The number of aromatic nitrogens is 8. The van der Waals surface area contributed by atoms with Crippen LogP contribution in [0.25, 0.3) is 89.0 Å². The van der Waals surface area contributed by atoms with Crippen LogP contribution in [-0.2, 0) is 103 Å². The standard InChI is InChI=1S/4C30H21N2O2P.4Pt/c1-20-15-16-31-30(17-20)35(33)27-11-4-3-10-25(27)26-14-13-23(19-28(26)35)22-8-6-9-24(18-22)34-29-12-5-7-21(2)32-29;1-20-13-16-30(32-21(20)2)35(33)27-11-4-3-10-25(27)26-15-14-23(19-28(26)35)22-8-7-9-24(18-22)34-29-12-5-6-17-31-29;1-20-14-15-31-30(16-20)35(33)27-9-4-3-8-25(27)26-12-11-23(18-28(26)35)22-6-5-7-24(17-22)34-29-13-10-21(2)19-32-29;1-20-12-14-31-29(16-20)34-24-7-5-6-22(18-24)23-10-11-26-25-8-3-4-9-27(25)35(33,28(26)19-23)30-17-21(2)13-15-32-30;;;;/h2*3-17H,1-2H3;3-16,19H,1-2H3;3-17H,1-2H3;;;;/q4*-2;4*+2. The van der Waals surface area contributed by atoms with Crippen molar-refractivity contribution in [3.63, 3.8) is 0 Å². The molecular weight excluding hydrogens is 2590 g/mol. The number of hydrogen-bond donors (Lipinski definition) is 0. The molecule has 712 valence electrons. The molecule has 4 atom stereocenters. The molecule has 4 aliphatic heterocycles. The Morgan fingerprint density at radius 3 is 0.889 bits per heavy atom. The molecule has 8 aromatic heterocycles. The Morgan fingerprint density at radius 2 is 0.542 bits per heavy atom. The van der Waals surface area contributed by atoms with Crippen molar-refractivity contribution in [3.8, 4) is 136 Å². The maximum absolute atomic E-state index is 14.9. The summed E-state index contributed by atoms with van der Waals surface area (Å²) < 4.78 is 82.9. The van der Waals surface area contributed by atoms with Crippen LogP contribution in [0.2, 0.25) is 0 Å². The molecule has 16 nitrogen and oxygen atoms in total. The summed E-state index contributed by atoms with van der Waals surface area (Å²) in [7, 11) is -12.7. The van der Waals surface area contributed by atoms with Crippen LogP contribution in [0, 0.1) is 104 Å². The second-order valence-electron chi connectivity index (χ2n) is 34.4. The predicted molar refractivity (Wildman–Crippen MR) is 558 cm³/mol. The zero-order valence-electron chi connectivity index (χ0n) is 78.5. The van der Waals surface area contributed by atoms with E-state index < -0.39 is 28.6 Å². The maximum atomic E-state index is 14.9. The van der Waals surface area contributed by atoms with Crippen molar-refractivity contribution in [2.75, 3.05) is 0 Å². The molecule has 0 saturated carbocycles. The second kappa shape index (κ2) is 43.3. The van der Waals surface area contributed by atoms with Crippen molar-refractivity contribution < 1.29 is 121 Å². The molecule has 24 heteroatoms. The molecule has 0 amide bonds. The molecule has 0 saturated heterocycles. The van der Waals surface area contributed by atoms with Gasteiger partial charge in [0.1, 0.15) is 21.7 Å². The zero-order chi connectivity index (χ0) is 96.0. The van der Waals surface area contributed by atoms with E-state index in [0.717, 1.165) is 155 Å². The molecule has 12 aromatic carbocycles. The van der Waals surface area contributed by atoms with E-state index in [4.69, 9.17) is 23.9 Å². The fourth-order valence-corrected chi connectivity index (χ4v) is 29.7. The zero-order valence-corrected chi connectivity index (χ0v) is 91.2. The molecule has 12 heterocycles. The first kappa shape index (κ1) is 102. The summed E-state index contributed by atoms with van der Waals surface area (Å²) in [6.07, 6.45) is 10.3. The van der Waals surface area contributed by atoms with Crippen LogP contribution in [-0.4, -0.2) is 39.9 Å². The fraction of sp³-hybridized carbons (Fsp3) is 0.0667. The van der Waals surface area contributed by atoms with Crippen molar-refractivity contribution in [1.82, 2.24) is 39.9 Å². The van der Waals surface area contributed by atoms with Crippen molar-refractivity contribution in [2.45, 2.75) is 55.4 Å². The topological polar surface area (TPSA) is 208 Å². The average Bonchev–Trinajstić information content (AvgIpc) is 1.57. The minimum absolute atomic E-state index is 0. The van der Waals surface area contributed by atoms with Gasteiger partial charge in [-0.25, -0.2) is 69.4 Å². The van der Waals surface area contributed by atoms with Crippen molar-refractivity contribution >= 4 is 92.7 Å². The van der Waals surface area contributed by atoms with Crippen LogP contribution < -0.4 is 83.1 Å². The van der Waals surface area contributed by atoms with Crippen LogP contribution in [0.1, 0.15) is 44.8 Å². The second-order valence-corrected chi connectivity index (χ2v) is 44.9. The molecule has 144 heavy (non-hydrogen) atoms. The molecule has 0 fully saturated rings. The van der Waals surface area contributed by atoms with E-state index in [2.05, 4.69) is 83.4 Å². The van der Waals surface area contributed by atoms with Crippen molar-refractivity contribution in [3.05, 3.63) is 458 Å². The monoisotopic (exact) mass is 2670 g/mol. The van der Waals surface area contributed by atoms with Crippen molar-refractivity contribution in [2.24, 2.45) is 0 Å². The number of rotatable bonds is 16. The first-order valence-electron chi connectivity index (χ1n) is 45.5. The van der Waals surface area contributed by atoms with Gasteiger partial charge in [0.05, 0.1) is 0 Å². The minimum atomic E-state index is -3.18. The summed E-state index contributed by atoms with van der Waals surface area (Å²) in [4.78, 5) is 35.6. The van der Waals surface area contributed by atoms with Gasteiger partial charge in [-0.1, -0.05) is 165 Å². The van der Waals surface area contributed by atoms with E-state index in [1.54, 1.807) is 43.2 Å². The van der Waals surface area contributed by atoms with Gasteiger partial charge in [0.2, 0.25) is 23.5 Å². The Bertz CT molecular complexity index is 8290. The molecule has 4 aliphatic rings. The number of hydrogen-bond acceptors (Lipinski definition) is 16. The van der Waals surface area contributed by atoms with Gasteiger partial charge < -0.3 is 37.2 Å². The molecular formula is C120H84N8O8P4Pt4. The Hall–Kier alpha value is -13.3. The molecule has 0 radical (unpaired) electrons. The largest absolute Gasteiger partial charge is 2.00 e. The van der Waals surface area contributed by atoms with Crippen LogP contribution >= 0.6 is 28.6 Å². The Labute approximate surface area is 894 Å². The number of nitrogens with zero attached hydrogens (tertiary/aromatic N) is 8. The van der Waals surface area contributed by atoms with Gasteiger partial charge in [-0.2, -0.15) is 97.1 Å². The summed E-state index contributed by atoms with van der Waals surface area (Å²) >= 11 is 0. The normalized spacial score (nSPS) is 15.5. The van der Waals surface area contributed by atoms with Gasteiger partial charge in [-0.05, 0) is 172 Å². The number of aryl methyl sites for hydroxylation is 8. The molecule has 0 aliphatic carbocycles. The van der Waals surface area contributed by atoms with E-state index in [0.29, 0.717) is 89.5 Å². The Balaban J connectivity index is 0.000000130. The van der Waals surface area contributed by atoms with E-state index >= 15 is 0 Å². The molecule has 0 bridgehead atoms. The van der Waals surface area contributed by atoms with E-state index in [1.165, 1.54) is 0 Å². The summed E-state index contributed by atoms with van der Waals surface area (Å²) in [5.41, 5.74) is 24.5. The van der Waals surface area contributed by atoms with Gasteiger partial charge in [-0.3, -0.25) is 15.0 Å². The summed E-state index contributed by atoms with van der Waals surface area (Å²) in [5, 5.41) is 6.01. The van der Waals surface area contributed by atoms with Crippen LogP contribution in [0.15, 0.2) is 365 Å². The molecule has 0 N–H and O–H groups in total. The maximum Gasteiger partial charge on any atom is 2.00 e. The smallest absolute Gasteiger partial charge is 0.460 e. The predicted octanol–water partition coefficient (Wildman–Crippen LogP) is 23.1. The fourth-order valence-electron chi connectivity index (χ4n) is 17.8. The van der Waals surface area contributed by atoms with E-state index in [1.807, 2.05) is 377 Å². The van der Waals surface area contributed by atoms with E-state index in [9.17, 15) is 18.3 Å². The third-order valence-electron chi connectivity index (χ3n) is 24.8. The summed E-state index contributed by atoms with van der Waals surface area (Å²) in [5.74, 6) is 4.26. The Morgan fingerprint density at radius 1 is 0.222 bits per heavy atom. The molecule has 20 aromatic rings. The summed E-state index contributed by atoms with van der Waals surface area (Å²) in [6, 6.07) is 132.